The fourth-order valence-electron chi connectivity index (χ4n) is 2.56. The molecule has 3 rings (SSSR count). The van der Waals surface area contributed by atoms with Crippen molar-refractivity contribution in [2.45, 2.75) is 6.92 Å². The zero-order valence-electron chi connectivity index (χ0n) is 14.1. The molecule has 0 aliphatic carbocycles. The molecular formula is C19H19ClN4O. The fourth-order valence-corrected chi connectivity index (χ4v) is 2.74. The minimum absolute atomic E-state index is 0.622. The van der Waals surface area contributed by atoms with E-state index in [4.69, 9.17) is 16.3 Å². The van der Waals surface area contributed by atoms with Gasteiger partial charge in [0, 0.05) is 23.3 Å². The molecule has 128 valence electrons. The summed E-state index contributed by atoms with van der Waals surface area (Å²) in [6, 6.07) is 17.4. The van der Waals surface area contributed by atoms with Crippen LogP contribution in [0.15, 0.2) is 60.9 Å². The van der Waals surface area contributed by atoms with E-state index in [0.29, 0.717) is 16.6 Å². The molecular weight excluding hydrogens is 336 g/mol. The SMILES string of the molecule is CCN(c1ccccc1)c1cc(Nc2cc(Cl)ccc2OC)ncn1. The van der Waals surface area contributed by atoms with E-state index in [9.17, 15) is 0 Å². The molecule has 0 spiro atoms. The van der Waals surface area contributed by atoms with Crippen LogP contribution in [-0.2, 0) is 0 Å². The van der Waals surface area contributed by atoms with E-state index >= 15 is 0 Å². The number of para-hydroxylation sites is 1. The van der Waals surface area contributed by atoms with Crippen LogP contribution in [0.5, 0.6) is 5.75 Å². The first-order chi connectivity index (χ1) is 12.2. The second-order valence-corrected chi connectivity index (χ2v) is 5.75. The van der Waals surface area contributed by atoms with Crippen LogP contribution in [-0.4, -0.2) is 23.6 Å². The van der Waals surface area contributed by atoms with Crippen molar-refractivity contribution in [3.05, 3.63) is 65.9 Å². The maximum atomic E-state index is 6.09. The van der Waals surface area contributed by atoms with Crippen LogP contribution in [0.2, 0.25) is 5.02 Å². The van der Waals surface area contributed by atoms with Gasteiger partial charge >= 0.3 is 0 Å². The number of hydrogen-bond acceptors (Lipinski definition) is 5. The smallest absolute Gasteiger partial charge is 0.142 e. The Morgan fingerprint density at radius 2 is 1.88 bits per heavy atom. The molecule has 6 heteroatoms. The summed E-state index contributed by atoms with van der Waals surface area (Å²) >= 11 is 6.09. The molecule has 0 bridgehead atoms. The Morgan fingerprint density at radius 1 is 1.08 bits per heavy atom. The first-order valence-electron chi connectivity index (χ1n) is 7.96. The average Bonchev–Trinajstić information content (AvgIpc) is 2.64. The number of methoxy groups -OCH3 is 1. The molecule has 1 N–H and O–H groups in total. The van der Waals surface area contributed by atoms with Gasteiger partial charge in [-0.1, -0.05) is 29.8 Å². The maximum absolute atomic E-state index is 6.09. The largest absolute Gasteiger partial charge is 0.495 e. The van der Waals surface area contributed by atoms with E-state index in [0.717, 1.165) is 23.7 Å². The van der Waals surface area contributed by atoms with Gasteiger partial charge in [-0.2, -0.15) is 0 Å². The van der Waals surface area contributed by atoms with E-state index in [1.807, 2.05) is 30.3 Å². The first-order valence-corrected chi connectivity index (χ1v) is 8.34. The molecule has 0 radical (unpaired) electrons. The highest BCUT2D eigenvalue weighted by atomic mass is 35.5. The predicted octanol–water partition coefficient (Wildman–Crippen LogP) is 5.04. The molecule has 25 heavy (non-hydrogen) atoms. The van der Waals surface area contributed by atoms with Crippen LogP contribution >= 0.6 is 11.6 Å². The number of nitrogens with zero attached hydrogens (tertiary/aromatic N) is 3. The molecule has 0 unspecified atom stereocenters. The molecule has 0 aliphatic rings. The number of hydrogen-bond donors (Lipinski definition) is 1. The Balaban J connectivity index is 1.90. The Bertz CT molecular complexity index is 842. The number of nitrogens with one attached hydrogen (secondary N) is 1. The van der Waals surface area contributed by atoms with Gasteiger partial charge in [-0.3, -0.25) is 0 Å². The van der Waals surface area contributed by atoms with Crippen molar-refractivity contribution in [1.29, 1.82) is 0 Å². The molecule has 1 heterocycles. The van der Waals surface area contributed by atoms with E-state index in [-0.39, 0.29) is 0 Å². The summed E-state index contributed by atoms with van der Waals surface area (Å²) in [6.45, 7) is 2.88. The lowest BCUT2D eigenvalue weighted by Gasteiger charge is -2.22. The van der Waals surface area contributed by atoms with Gasteiger partial charge < -0.3 is 15.0 Å². The third kappa shape index (κ3) is 4.00. The van der Waals surface area contributed by atoms with Gasteiger partial charge in [0.05, 0.1) is 12.8 Å². The van der Waals surface area contributed by atoms with Crippen LogP contribution < -0.4 is 15.0 Å². The van der Waals surface area contributed by atoms with Crippen LogP contribution in [0.3, 0.4) is 0 Å². The topological polar surface area (TPSA) is 50.3 Å². The molecule has 2 aromatic carbocycles. The lowest BCUT2D eigenvalue weighted by atomic mass is 10.2. The Kier molecular flexibility index (Phi) is 5.36. The number of ether oxygens (including phenoxy) is 1. The Labute approximate surface area is 152 Å². The minimum Gasteiger partial charge on any atom is -0.495 e. The van der Waals surface area contributed by atoms with Crippen molar-refractivity contribution in [3.63, 3.8) is 0 Å². The minimum atomic E-state index is 0.622. The lowest BCUT2D eigenvalue weighted by molar-refractivity contribution is 0.417. The molecule has 0 aliphatic heterocycles. The van der Waals surface area contributed by atoms with Gasteiger partial charge in [0.2, 0.25) is 0 Å². The maximum Gasteiger partial charge on any atom is 0.142 e. The highest BCUT2D eigenvalue weighted by molar-refractivity contribution is 6.31. The quantitative estimate of drug-likeness (QED) is 0.672. The van der Waals surface area contributed by atoms with Crippen LogP contribution in [0.25, 0.3) is 0 Å². The van der Waals surface area contributed by atoms with Crippen LogP contribution in [0, 0.1) is 0 Å². The zero-order valence-corrected chi connectivity index (χ0v) is 14.9. The number of rotatable bonds is 6. The number of benzene rings is 2. The van der Waals surface area contributed by atoms with Gasteiger partial charge in [0.1, 0.15) is 23.7 Å². The van der Waals surface area contributed by atoms with Gasteiger partial charge in [-0.25, -0.2) is 9.97 Å². The third-order valence-electron chi connectivity index (χ3n) is 3.74. The summed E-state index contributed by atoms with van der Waals surface area (Å²) in [5.74, 6) is 2.17. The molecule has 0 atom stereocenters. The van der Waals surface area contributed by atoms with Gasteiger partial charge in [0.25, 0.3) is 0 Å². The second-order valence-electron chi connectivity index (χ2n) is 5.31. The van der Waals surface area contributed by atoms with E-state index < -0.39 is 0 Å². The molecule has 0 saturated carbocycles. The highest BCUT2D eigenvalue weighted by Crippen LogP contribution is 2.31. The Morgan fingerprint density at radius 3 is 2.60 bits per heavy atom. The molecule has 0 saturated heterocycles. The standard InChI is InChI=1S/C19H19ClN4O/c1-3-24(15-7-5-4-6-8-15)19-12-18(21-13-22-19)23-16-11-14(20)9-10-17(16)25-2/h4-13H,3H2,1-2H3,(H,21,22,23). The molecule has 0 fully saturated rings. The van der Waals surface area contributed by atoms with Crippen molar-refractivity contribution < 1.29 is 4.74 Å². The van der Waals surface area contributed by atoms with E-state index in [1.165, 1.54) is 0 Å². The van der Waals surface area contributed by atoms with Crippen LogP contribution in [0.1, 0.15) is 6.92 Å². The summed E-state index contributed by atoms with van der Waals surface area (Å²) in [4.78, 5) is 10.8. The first kappa shape index (κ1) is 17.0. The lowest BCUT2D eigenvalue weighted by Crippen LogP contribution is -2.17. The summed E-state index contributed by atoms with van der Waals surface area (Å²) < 4.78 is 5.37. The third-order valence-corrected chi connectivity index (χ3v) is 3.97. The summed E-state index contributed by atoms with van der Waals surface area (Å²) in [5.41, 5.74) is 1.83. The number of aromatic nitrogens is 2. The van der Waals surface area contributed by atoms with Crippen molar-refractivity contribution >= 4 is 34.6 Å². The Hall–Kier alpha value is -2.79. The monoisotopic (exact) mass is 354 g/mol. The van der Waals surface area contributed by atoms with Crippen molar-refractivity contribution in [2.24, 2.45) is 0 Å². The van der Waals surface area contributed by atoms with Crippen molar-refractivity contribution in [2.75, 3.05) is 23.9 Å². The zero-order chi connectivity index (χ0) is 17.6. The van der Waals surface area contributed by atoms with Crippen molar-refractivity contribution in [1.82, 2.24) is 9.97 Å². The predicted molar refractivity (Wildman–Crippen MR) is 102 cm³/mol. The fraction of sp³-hybridized carbons (Fsp3) is 0.158. The molecule has 5 nitrogen and oxygen atoms in total. The highest BCUT2D eigenvalue weighted by Gasteiger charge is 2.11. The molecule has 0 amide bonds. The number of anilines is 4. The molecule has 3 aromatic rings. The summed E-state index contributed by atoms with van der Waals surface area (Å²) in [5, 5.41) is 3.87. The van der Waals surface area contributed by atoms with Crippen molar-refractivity contribution in [3.8, 4) is 5.75 Å². The second kappa shape index (κ2) is 7.85. The van der Waals surface area contributed by atoms with Gasteiger partial charge in [0.15, 0.2) is 0 Å². The van der Waals surface area contributed by atoms with Gasteiger partial charge in [-0.15, -0.1) is 0 Å². The van der Waals surface area contributed by atoms with E-state index in [2.05, 4.69) is 39.2 Å². The average molecular weight is 355 g/mol. The molecule has 1 aromatic heterocycles. The summed E-state index contributed by atoms with van der Waals surface area (Å²) in [6.07, 6.45) is 1.54. The van der Waals surface area contributed by atoms with E-state index in [1.54, 1.807) is 25.6 Å². The summed E-state index contributed by atoms with van der Waals surface area (Å²) in [7, 11) is 1.62. The van der Waals surface area contributed by atoms with Crippen LogP contribution in [0.4, 0.5) is 23.0 Å². The van der Waals surface area contributed by atoms with Gasteiger partial charge in [-0.05, 0) is 37.3 Å². The number of halogens is 1. The normalized spacial score (nSPS) is 10.4.